The second kappa shape index (κ2) is 10.7. The number of carbonyl (C=O) groups excluding carboxylic acids is 2. The SMILES string of the molecule is CCCOc1ccc(C(=O)Oc2ccc(/C=N/NC(=O)c3ccccc3F)cc2)cc1. The molecule has 0 radical (unpaired) electrons. The van der Waals surface area contributed by atoms with Crippen molar-refractivity contribution in [2.45, 2.75) is 13.3 Å². The second-order valence-corrected chi connectivity index (χ2v) is 6.51. The molecule has 0 fully saturated rings. The zero-order chi connectivity index (χ0) is 22.1. The first-order chi connectivity index (χ1) is 15.1. The van der Waals surface area contributed by atoms with Crippen molar-refractivity contribution in [3.8, 4) is 11.5 Å². The zero-order valence-corrected chi connectivity index (χ0v) is 16.9. The molecule has 0 saturated heterocycles. The lowest BCUT2D eigenvalue weighted by molar-refractivity contribution is 0.0734. The Morgan fingerprint density at radius 1 is 0.968 bits per heavy atom. The zero-order valence-electron chi connectivity index (χ0n) is 16.9. The molecule has 0 heterocycles. The molecule has 0 saturated carbocycles. The summed E-state index contributed by atoms with van der Waals surface area (Å²) in [7, 11) is 0. The number of rotatable bonds is 8. The van der Waals surface area contributed by atoms with Gasteiger partial charge in [0, 0.05) is 0 Å². The number of hydrogen-bond donors (Lipinski definition) is 1. The molecule has 7 heteroatoms. The molecule has 6 nitrogen and oxygen atoms in total. The molecule has 0 unspecified atom stereocenters. The standard InChI is InChI=1S/C24H21FN2O4/c1-2-15-30-19-13-9-18(10-14-19)24(29)31-20-11-7-17(8-12-20)16-26-27-23(28)21-5-3-4-6-22(21)25/h3-14,16H,2,15H2,1H3,(H,27,28)/b26-16+. The van der Waals surface area contributed by atoms with Crippen molar-refractivity contribution >= 4 is 18.1 Å². The van der Waals surface area contributed by atoms with Gasteiger partial charge in [0.2, 0.25) is 0 Å². The van der Waals surface area contributed by atoms with E-state index in [0.29, 0.717) is 29.2 Å². The summed E-state index contributed by atoms with van der Waals surface area (Å²) < 4.78 is 24.4. The lowest BCUT2D eigenvalue weighted by Gasteiger charge is -2.07. The van der Waals surface area contributed by atoms with Gasteiger partial charge in [-0.2, -0.15) is 5.10 Å². The molecule has 0 bridgehead atoms. The van der Waals surface area contributed by atoms with Crippen molar-refractivity contribution in [2.24, 2.45) is 5.10 Å². The molecule has 158 valence electrons. The van der Waals surface area contributed by atoms with E-state index in [9.17, 15) is 14.0 Å². The van der Waals surface area contributed by atoms with Crippen LogP contribution in [-0.2, 0) is 0 Å². The van der Waals surface area contributed by atoms with Gasteiger partial charge >= 0.3 is 5.97 Å². The summed E-state index contributed by atoms with van der Waals surface area (Å²) in [6.07, 6.45) is 2.31. The van der Waals surface area contributed by atoms with Crippen LogP contribution in [0.25, 0.3) is 0 Å². The summed E-state index contributed by atoms with van der Waals surface area (Å²) in [6, 6.07) is 18.9. The highest BCUT2D eigenvalue weighted by Gasteiger charge is 2.10. The van der Waals surface area contributed by atoms with Crippen LogP contribution >= 0.6 is 0 Å². The van der Waals surface area contributed by atoms with Crippen molar-refractivity contribution in [3.05, 3.63) is 95.3 Å². The highest BCUT2D eigenvalue weighted by Crippen LogP contribution is 2.16. The monoisotopic (exact) mass is 420 g/mol. The maximum atomic E-state index is 13.6. The maximum Gasteiger partial charge on any atom is 0.343 e. The Labute approximate surface area is 179 Å². The van der Waals surface area contributed by atoms with E-state index >= 15 is 0 Å². The number of nitrogens with one attached hydrogen (secondary N) is 1. The van der Waals surface area contributed by atoms with Gasteiger partial charge in [-0.15, -0.1) is 0 Å². The summed E-state index contributed by atoms with van der Waals surface area (Å²) in [5, 5.41) is 3.82. The fourth-order valence-corrected chi connectivity index (χ4v) is 2.57. The van der Waals surface area contributed by atoms with Crippen LogP contribution in [0.5, 0.6) is 11.5 Å². The Kier molecular flexibility index (Phi) is 7.48. The second-order valence-electron chi connectivity index (χ2n) is 6.51. The van der Waals surface area contributed by atoms with E-state index in [4.69, 9.17) is 9.47 Å². The molecule has 3 aromatic carbocycles. The summed E-state index contributed by atoms with van der Waals surface area (Å²) >= 11 is 0. The number of hydrogen-bond acceptors (Lipinski definition) is 5. The largest absolute Gasteiger partial charge is 0.494 e. The van der Waals surface area contributed by atoms with Gasteiger partial charge in [-0.05, 0) is 72.6 Å². The van der Waals surface area contributed by atoms with Gasteiger partial charge in [-0.3, -0.25) is 4.79 Å². The molecule has 3 rings (SSSR count). The summed E-state index contributed by atoms with van der Waals surface area (Å²) in [5.74, 6) is -0.691. The van der Waals surface area contributed by atoms with Crippen molar-refractivity contribution < 1.29 is 23.5 Å². The van der Waals surface area contributed by atoms with Crippen molar-refractivity contribution in [1.29, 1.82) is 0 Å². The Morgan fingerprint density at radius 3 is 2.32 bits per heavy atom. The molecule has 0 atom stereocenters. The Morgan fingerprint density at radius 2 is 1.65 bits per heavy atom. The Hall–Kier alpha value is -4.00. The number of carbonyl (C=O) groups is 2. The molecule has 0 aliphatic carbocycles. The van der Waals surface area contributed by atoms with E-state index in [0.717, 1.165) is 6.42 Å². The summed E-state index contributed by atoms with van der Waals surface area (Å²) in [4.78, 5) is 24.2. The molecule has 0 aromatic heterocycles. The van der Waals surface area contributed by atoms with Gasteiger partial charge in [0.25, 0.3) is 5.91 Å². The Bertz CT molecular complexity index is 1060. The molecule has 31 heavy (non-hydrogen) atoms. The predicted molar refractivity (Wildman–Crippen MR) is 115 cm³/mol. The van der Waals surface area contributed by atoms with Crippen LogP contribution in [0.2, 0.25) is 0 Å². The number of benzene rings is 3. The number of halogens is 1. The van der Waals surface area contributed by atoms with Gasteiger partial charge in [-0.25, -0.2) is 14.6 Å². The van der Waals surface area contributed by atoms with Crippen LogP contribution in [-0.4, -0.2) is 24.7 Å². The van der Waals surface area contributed by atoms with E-state index in [1.54, 1.807) is 54.6 Å². The van der Waals surface area contributed by atoms with Gasteiger partial charge in [0.05, 0.1) is 23.9 Å². The van der Waals surface area contributed by atoms with Crippen LogP contribution in [0, 0.1) is 5.82 Å². The number of esters is 1. The fraction of sp³-hybridized carbons (Fsp3) is 0.125. The van der Waals surface area contributed by atoms with E-state index in [2.05, 4.69) is 10.5 Å². The van der Waals surface area contributed by atoms with Gasteiger partial charge in [0.1, 0.15) is 17.3 Å². The van der Waals surface area contributed by atoms with Gasteiger partial charge < -0.3 is 9.47 Å². The minimum absolute atomic E-state index is 0.0909. The molecule has 0 spiro atoms. The van der Waals surface area contributed by atoms with E-state index in [1.165, 1.54) is 24.4 Å². The first-order valence-electron chi connectivity index (χ1n) is 9.70. The predicted octanol–water partition coefficient (Wildman–Crippen LogP) is 4.60. The van der Waals surface area contributed by atoms with Gasteiger partial charge in [-0.1, -0.05) is 19.1 Å². The number of hydrazone groups is 1. The quantitative estimate of drug-likeness (QED) is 0.250. The number of ether oxygens (including phenoxy) is 2. The summed E-state index contributed by atoms with van der Waals surface area (Å²) in [5.41, 5.74) is 3.24. The minimum atomic E-state index is -0.647. The first kappa shape index (κ1) is 21.7. The smallest absolute Gasteiger partial charge is 0.343 e. The minimum Gasteiger partial charge on any atom is -0.494 e. The molecule has 0 aliphatic rings. The maximum absolute atomic E-state index is 13.6. The van der Waals surface area contributed by atoms with Crippen molar-refractivity contribution in [2.75, 3.05) is 6.61 Å². The van der Waals surface area contributed by atoms with E-state index < -0.39 is 17.7 Å². The highest BCUT2D eigenvalue weighted by atomic mass is 19.1. The van der Waals surface area contributed by atoms with Crippen LogP contribution < -0.4 is 14.9 Å². The molecular weight excluding hydrogens is 399 g/mol. The van der Waals surface area contributed by atoms with Gasteiger partial charge in [0.15, 0.2) is 0 Å². The fourth-order valence-electron chi connectivity index (χ4n) is 2.57. The molecule has 0 aliphatic heterocycles. The van der Waals surface area contributed by atoms with Crippen LogP contribution in [0.4, 0.5) is 4.39 Å². The third-order valence-electron chi connectivity index (χ3n) is 4.15. The third-order valence-corrected chi connectivity index (χ3v) is 4.15. The third kappa shape index (κ3) is 6.24. The molecule has 1 amide bonds. The average Bonchev–Trinajstić information content (AvgIpc) is 2.79. The van der Waals surface area contributed by atoms with Crippen LogP contribution in [0.3, 0.4) is 0 Å². The lowest BCUT2D eigenvalue weighted by atomic mass is 10.2. The molecular formula is C24H21FN2O4. The average molecular weight is 420 g/mol. The molecule has 1 N–H and O–H groups in total. The number of nitrogens with zero attached hydrogens (tertiary/aromatic N) is 1. The van der Waals surface area contributed by atoms with Crippen LogP contribution in [0.1, 0.15) is 39.6 Å². The normalized spacial score (nSPS) is 10.6. The lowest BCUT2D eigenvalue weighted by Crippen LogP contribution is -2.18. The topological polar surface area (TPSA) is 77.0 Å². The molecule has 3 aromatic rings. The van der Waals surface area contributed by atoms with E-state index in [1.807, 2.05) is 6.92 Å². The van der Waals surface area contributed by atoms with Crippen molar-refractivity contribution in [1.82, 2.24) is 5.43 Å². The Balaban J connectivity index is 1.53. The summed E-state index contributed by atoms with van der Waals surface area (Å²) in [6.45, 7) is 2.64. The number of amides is 1. The first-order valence-corrected chi connectivity index (χ1v) is 9.70. The van der Waals surface area contributed by atoms with Crippen LogP contribution in [0.15, 0.2) is 77.9 Å². The van der Waals surface area contributed by atoms with Crippen molar-refractivity contribution in [3.63, 3.8) is 0 Å². The highest BCUT2D eigenvalue weighted by molar-refractivity contribution is 5.95. The van der Waals surface area contributed by atoms with E-state index in [-0.39, 0.29) is 5.56 Å².